The van der Waals surface area contributed by atoms with Crippen LogP contribution >= 0.6 is 0 Å². The Morgan fingerprint density at radius 2 is 1.95 bits per heavy atom. The van der Waals surface area contributed by atoms with Crippen LogP contribution in [0.4, 0.5) is 5.95 Å². The lowest BCUT2D eigenvalue weighted by Crippen LogP contribution is -2.36. The van der Waals surface area contributed by atoms with Crippen LogP contribution in [0.5, 0.6) is 0 Å². The number of nitrogens with zero attached hydrogens (tertiary/aromatic N) is 3. The van der Waals surface area contributed by atoms with Gasteiger partial charge in [0.15, 0.2) is 11.2 Å². The number of piperidine rings is 1. The highest BCUT2D eigenvalue weighted by Crippen LogP contribution is 2.13. The molecule has 0 bridgehead atoms. The molecule has 8 nitrogen and oxygen atoms in total. The SMILES string of the molecule is Cn1c(=O)c2[nH]c(NCC3CCNCC3)nc2n(C)c1=O. The van der Waals surface area contributed by atoms with Gasteiger partial charge in [-0.15, -0.1) is 0 Å². The van der Waals surface area contributed by atoms with Gasteiger partial charge in [-0.2, -0.15) is 4.98 Å². The molecule has 0 radical (unpaired) electrons. The molecule has 3 heterocycles. The van der Waals surface area contributed by atoms with E-state index in [-0.39, 0.29) is 11.2 Å². The topological polar surface area (TPSA) is 96.7 Å². The number of fused-ring (bicyclic) bond motifs is 1. The zero-order valence-electron chi connectivity index (χ0n) is 12.3. The highest BCUT2D eigenvalue weighted by molar-refractivity contribution is 5.72. The average Bonchev–Trinajstić information content (AvgIpc) is 2.94. The molecule has 21 heavy (non-hydrogen) atoms. The van der Waals surface area contributed by atoms with Gasteiger partial charge in [-0.1, -0.05) is 0 Å². The molecular formula is C13H20N6O2. The molecule has 0 spiro atoms. The van der Waals surface area contributed by atoms with Crippen LogP contribution in [0.3, 0.4) is 0 Å². The van der Waals surface area contributed by atoms with E-state index in [0.29, 0.717) is 23.0 Å². The van der Waals surface area contributed by atoms with Gasteiger partial charge in [-0.05, 0) is 31.8 Å². The summed E-state index contributed by atoms with van der Waals surface area (Å²) in [6.45, 7) is 2.90. The molecule has 0 aliphatic carbocycles. The van der Waals surface area contributed by atoms with Gasteiger partial charge in [0.05, 0.1) is 0 Å². The molecule has 0 amide bonds. The van der Waals surface area contributed by atoms with Crippen LogP contribution in [0.2, 0.25) is 0 Å². The largest absolute Gasteiger partial charge is 0.355 e. The second-order valence-electron chi connectivity index (χ2n) is 5.56. The zero-order chi connectivity index (χ0) is 15.0. The fraction of sp³-hybridized carbons (Fsp3) is 0.615. The van der Waals surface area contributed by atoms with Crippen LogP contribution in [0.25, 0.3) is 11.2 Å². The molecule has 1 fully saturated rings. The lowest BCUT2D eigenvalue weighted by molar-refractivity contribution is 0.389. The Balaban J connectivity index is 1.87. The first kappa shape index (κ1) is 13.9. The van der Waals surface area contributed by atoms with E-state index in [0.717, 1.165) is 37.0 Å². The first-order valence-electron chi connectivity index (χ1n) is 7.18. The Morgan fingerprint density at radius 1 is 1.24 bits per heavy atom. The summed E-state index contributed by atoms with van der Waals surface area (Å²) in [4.78, 5) is 31.2. The van der Waals surface area contributed by atoms with E-state index in [1.165, 1.54) is 11.6 Å². The van der Waals surface area contributed by atoms with Crippen molar-refractivity contribution in [3.8, 4) is 0 Å². The fourth-order valence-electron chi connectivity index (χ4n) is 2.74. The molecule has 114 valence electrons. The second-order valence-corrected chi connectivity index (χ2v) is 5.56. The van der Waals surface area contributed by atoms with Crippen LogP contribution in [0.15, 0.2) is 9.59 Å². The molecule has 2 aromatic heterocycles. The molecule has 1 aliphatic heterocycles. The van der Waals surface area contributed by atoms with Gasteiger partial charge in [0, 0.05) is 20.6 Å². The van der Waals surface area contributed by atoms with Gasteiger partial charge in [-0.3, -0.25) is 13.9 Å². The second kappa shape index (κ2) is 5.36. The van der Waals surface area contributed by atoms with Gasteiger partial charge in [-0.25, -0.2) is 4.79 Å². The Hall–Kier alpha value is -2.09. The van der Waals surface area contributed by atoms with Gasteiger partial charge in [0.25, 0.3) is 5.56 Å². The van der Waals surface area contributed by atoms with Crippen molar-refractivity contribution < 1.29 is 0 Å². The molecule has 3 N–H and O–H groups in total. The summed E-state index contributed by atoms with van der Waals surface area (Å²) in [6.07, 6.45) is 2.26. The van der Waals surface area contributed by atoms with Crippen LogP contribution in [0, 0.1) is 5.92 Å². The number of imidazole rings is 1. The first-order valence-corrected chi connectivity index (χ1v) is 7.18. The number of nitrogens with one attached hydrogen (secondary N) is 3. The lowest BCUT2D eigenvalue weighted by Gasteiger charge is -2.22. The molecule has 1 saturated heterocycles. The number of aromatic nitrogens is 4. The molecule has 0 aromatic carbocycles. The molecular weight excluding hydrogens is 272 g/mol. The van der Waals surface area contributed by atoms with Gasteiger partial charge in [0.1, 0.15) is 0 Å². The quantitative estimate of drug-likeness (QED) is 0.700. The number of aryl methyl sites for hydroxylation is 1. The van der Waals surface area contributed by atoms with E-state index >= 15 is 0 Å². The Morgan fingerprint density at radius 3 is 2.67 bits per heavy atom. The number of rotatable bonds is 3. The molecule has 2 aromatic rings. The van der Waals surface area contributed by atoms with Crippen molar-refractivity contribution in [3.63, 3.8) is 0 Å². The number of H-pyrrole nitrogens is 1. The van der Waals surface area contributed by atoms with Crippen molar-refractivity contribution in [3.05, 3.63) is 20.8 Å². The number of hydrogen-bond acceptors (Lipinski definition) is 5. The van der Waals surface area contributed by atoms with E-state index in [4.69, 9.17) is 0 Å². The zero-order valence-corrected chi connectivity index (χ0v) is 12.3. The summed E-state index contributed by atoms with van der Waals surface area (Å²) < 4.78 is 2.46. The lowest BCUT2D eigenvalue weighted by atomic mass is 9.98. The summed E-state index contributed by atoms with van der Waals surface area (Å²) in [7, 11) is 3.08. The number of anilines is 1. The van der Waals surface area contributed by atoms with E-state index < -0.39 is 0 Å². The maximum absolute atomic E-state index is 12.1. The molecule has 0 atom stereocenters. The minimum atomic E-state index is -0.371. The number of aromatic amines is 1. The number of hydrogen-bond donors (Lipinski definition) is 3. The van der Waals surface area contributed by atoms with Gasteiger partial charge in [0.2, 0.25) is 5.95 Å². The van der Waals surface area contributed by atoms with Crippen molar-refractivity contribution in [2.24, 2.45) is 20.0 Å². The summed E-state index contributed by atoms with van der Waals surface area (Å²) >= 11 is 0. The smallest absolute Gasteiger partial charge is 0.332 e. The van der Waals surface area contributed by atoms with Crippen LogP contribution in [0.1, 0.15) is 12.8 Å². The molecule has 8 heteroatoms. The monoisotopic (exact) mass is 292 g/mol. The maximum Gasteiger partial charge on any atom is 0.332 e. The average molecular weight is 292 g/mol. The Kier molecular flexibility index (Phi) is 3.54. The predicted octanol–water partition coefficient (Wildman–Crippen LogP) is -0.628. The Bertz CT molecular complexity index is 765. The van der Waals surface area contributed by atoms with Crippen LogP contribution in [-0.4, -0.2) is 38.7 Å². The van der Waals surface area contributed by atoms with Crippen molar-refractivity contribution in [1.29, 1.82) is 0 Å². The summed E-state index contributed by atoms with van der Waals surface area (Å²) in [5, 5.41) is 6.57. The highest BCUT2D eigenvalue weighted by Gasteiger charge is 2.16. The van der Waals surface area contributed by atoms with Gasteiger partial charge < -0.3 is 15.6 Å². The summed E-state index contributed by atoms with van der Waals surface area (Å²) in [5.74, 6) is 1.15. The van der Waals surface area contributed by atoms with E-state index in [2.05, 4.69) is 20.6 Å². The van der Waals surface area contributed by atoms with Crippen molar-refractivity contribution in [2.75, 3.05) is 25.0 Å². The minimum Gasteiger partial charge on any atom is -0.355 e. The fourth-order valence-corrected chi connectivity index (χ4v) is 2.74. The normalized spacial score (nSPS) is 16.5. The molecule has 0 unspecified atom stereocenters. The minimum absolute atomic E-state index is 0.351. The van der Waals surface area contributed by atoms with Crippen molar-refractivity contribution in [1.82, 2.24) is 24.4 Å². The highest BCUT2D eigenvalue weighted by atomic mass is 16.2. The first-order chi connectivity index (χ1) is 10.1. The third-order valence-corrected chi connectivity index (χ3v) is 4.11. The van der Waals surface area contributed by atoms with E-state index in [1.54, 1.807) is 7.05 Å². The Labute approximate surface area is 121 Å². The molecule has 3 rings (SSSR count). The third kappa shape index (κ3) is 2.46. The van der Waals surface area contributed by atoms with Gasteiger partial charge >= 0.3 is 5.69 Å². The molecule has 0 saturated carbocycles. The van der Waals surface area contributed by atoms with Crippen molar-refractivity contribution >= 4 is 17.1 Å². The third-order valence-electron chi connectivity index (χ3n) is 4.11. The van der Waals surface area contributed by atoms with Crippen LogP contribution in [-0.2, 0) is 14.1 Å². The standard InChI is InChI=1S/C13H20N6O2/c1-18-10-9(11(20)19(2)13(18)21)16-12(17-10)15-7-8-3-5-14-6-4-8/h8,14H,3-7H2,1-2H3,(H2,15,16,17). The molecule has 1 aliphatic rings. The summed E-state index contributed by atoms with van der Waals surface area (Å²) in [6, 6.07) is 0. The van der Waals surface area contributed by atoms with Crippen molar-refractivity contribution in [2.45, 2.75) is 12.8 Å². The van der Waals surface area contributed by atoms with E-state index in [1.807, 2.05) is 0 Å². The summed E-state index contributed by atoms with van der Waals surface area (Å²) in [5.41, 5.74) is 0.0164. The van der Waals surface area contributed by atoms with E-state index in [9.17, 15) is 9.59 Å². The maximum atomic E-state index is 12.1. The van der Waals surface area contributed by atoms with Crippen LogP contribution < -0.4 is 21.9 Å². The predicted molar refractivity (Wildman–Crippen MR) is 80.7 cm³/mol.